The van der Waals surface area contributed by atoms with E-state index in [4.69, 9.17) is 0 Å². The Morgan fingerprint density at radius 1 is 1.20 bits per heavy atom. The molecule has 0 aromatic heterocycles. The van der Waals surface area contributed by atoms with Gasteiger partial charge in [0, 0.05) is 13.6 Å². The van der Waals surface area contributed by atoms with Gasteiger partial charge in [-0.05, 0) is 45.2 Å². The molecule has 0 radical (unpaired) electrons. The molecule has 0 spiro atoms. The molecule has 0 aliphatic heterocycles. The van der Waals surface area contributed by atoms with Gasteiger partial charge in [0.25, 0.3) is 0 Å². The standard InChI is InChI=1S/C3H2I2/c4-2-1-3(2)5/h1H2. The predicted octanol–water partition coefficient (Wildman–Crippen LogP) is 2.47. The van der Waals surface area contributed by atoms with Crippen LogP contribution < -0.4 is 0 Å². The first-order chi connectivity index (χ1) is 2.30. The molecule has 1 rings (SSSR count). The second-order valence-corrected chi connectivity index (χ2v) is 3.59. The summed E-state index contributed by atoms with van der Waals surface area (Å²) in [5, 5.41) is 0. The first-order valence-electron chi connectivity index (χ1n) is 1.34. The van der Waals surface area contributed by atoms with E-state index < -0.39 is 0 Å². The number of hydrogen-bond acceptors (Lipinski definition) is 0. The van der Waals surface area contributed by atoms with Crippen LogP contribution in [0.4, 0.5) is 0 Å². The smallest absolute Gasteiger partial charge is 0.0106 e. The summed E-state index contributed by atoms with van der Waals surface area (Å²) in [4.78, 5) is 0. The average molecular weight is 292 g/mol. The summed E-state index contributed by atoms with van der Waals surface area (Å²) in [6.45, 7) is 0. The molecule has 0 atom stereocenters. The minimum absolute atomic E-state index is 1.28. The van der Waals surface area contributed by atoms with E-state index in [0.29, 0.717) is 0 Å². The maximum Gasteiger partial charge on any atom is 0.0106 e. The molecule has 0 aromatic carbocycles. The van der Waals surface area contributed by atoms with Crippen LogP contribution in [0.2, 0.25) is 0 Å². The van der Waals surface area contributed by atoms with E-state index in [1.54, 1.807) is 7.16 Å². The summed E-state index contributed by atoms with van der Waals surface area (Å²) in [5.41, 5.74) is 0. The number of halogens is 2. The third-order valence-corrected chi connectivity index (χ3v) is 3.58. The SMILES string of the molecule is IC1=C(I)C1. The molecule has 0 N–H and O–H groups in total. The van der Waals surface area contributed by atoms with Crippen molar-refractivity contribution < 1.29 is 0 Å². The number of rotatable bonds is 0. The van der Waals surface area contributed by atoms with Crippen LogP contribution in [0.3, 0.4) is 0 Å². The summed E-state index contributed by atoms with van der Waals surface area (Å²) in [6, 6.07) is 0. The molecule has 0 aromatic rings. The van der Waals surface area contributed by atoms with Gasteiger partial charge >= 0.3 is 0 Å². The van der Waals surface area contributed by atoms with Gasteiger partial charge in [-0.3, -0.25) is 0 Å². The lowest BCUT2D eigenvalue weighted by Gasteiger charge is -1.43. The molecule has 0 saturated heterocycles. The molecular formula is C3H2I2. The normalized spacial score (nSPS) is 20.4. The van der Waals surface area contributed by atoms with Crippen molar-refractivity contribution in [2.24, 2.45) is 0 Å². The van der Waals surface area contributed by atoms with Crippen LogP contribution in [-0.4, -0.2) is 0 Å². The molecular weight excluding hydrogens is 290 g/mol. The zero-order valence-electron chi connectivity index (χ0n) is 2.46. The van der Waals surface area contributed by atoms with Crippen molar-refractivity contribution in [3.05, 3.63) is 7.16 Å². The van der Waals surface area contributed by atoms with Crippen molar-refractivity contribution in [3.63, 3.8) is 0 Å². The van der Waals surface area contributed by atoms with Gasteiger partial charge in [0.1, 0.15) is 0 Å². The lowest BCUT2D eigenvalue weighted by molar-refractivity contribution is 1.69. The summed E-state index contributed by atoms with van der Waals surface area (Å²) in [5.74, 6) is 0. The molecule has 0 unspecified atom stereocenters. The Morgan fingerprint density at radius 3 is 1.40 bits per heavy atom. The zero-order chi connectivity index (χ0) is 3.86. The number of hydrogen-bond donors (Lipinski definition) is 0. The van der Waals surface area contributed by atoms with E-state index in [-0.39, 0.29) is 0 Å². The molecule has 5 heavy (non-hydrogen) atoms. The Bertz CT molecular complexity index is 72.9. The molecule has 0 heterocycles. The van der Waals surface area contributed by atoms with Crippen molar-refractivity contribution in [3.8, 4) is 0 Å². The highest BCUT2D eigenvalue weighted by molar-refractivity contribution is 14.1. The third kappa shape index (κ3) is 1.03. The topological polar surface area (TPSA) is 0 Å². The summed E-state index contributed by atoms with van der Waals surface area (Å²) in [6.07, 6.45) is 1.28. The Hall–Kier alpha value is 1.20. The monoisotopic (exact) mass is 292 g/mol. The Kier molecular flexibility index (Phi) is 1.19. The minimum atomic E-state index is 1.28. The van der Waals surface area contributed by atoms with E-state index in [0.717, 1.165) is 0 Å². The minimum Gasteiger partial charge on any atom is -0.0480 e. The van der Waals surface area contributed by atoms with Gasteiger partial charge in [-0.2, -0.15) is 0 Å². The fourth-order valence-electron chi connectivity index (χ4n) is 0.0921. The van der Waals surface area contributed by atoms with Crippen LogP contribution in [0.15, 0.2) is 7.16 Å². The van der Waals surface area contributed by atoms with E-state index in [2.05, 4.69) is 45.2 Å². The first-order valence-corrected chi connectivity index (χ1v) is 3.49. The number of allylic oxidation sites excluding steroid dienone is 2. The second-order valence-electron chi connectivity index (χ2n) is 0.987. The van der Waals surface area contributed by atoms with Crippen molar-refractivity contribution in [1.29, 1.82) is 0 Å². The fraction of sp³-hybridized carbons (Fsp3) is 0.333. The highest BCUT2D eigenvalue weighted by Gasteiger charge is 2.12. The molecule has 0 fully saturated rings. The van der Waals surface area contributed by atoms with Crippen LogP contribution in [0.1, 0.15) is 6.42 Å². The predicted molar refractivity (Wildman–Crippen MR) is 39.7 cm³/mol. The van der Waals surface area contributed by atoms with Gasteiger partial charge < -0.3 is 0 Å². The molecule has 0 nitrogen and oxygen atoms in total. The first kappa shape index (κ1) is 4.36. The third-order valence-electron chi connectivity index (χ3n) is 0.480. The quantitative estimate of drug-likeness (QED) is 0.602. The summed E-state index contributed by atoms with van der Waals surface area (Å²) < 4.78 is 3.09. The largest absolute Gasteiger partial charge is 0.0480 e. The van der Waals surface area contributed by atoms with E-state index >= 15 is 0 Å². The van der Waals surface area contributed by atoms with Crippen LogP contribution in [-0.2, 0) is 0 Å². The molecule has 0 bridgehead atoms. The average Bonchev–Trinajstić information content (AvgIpc) is 1.79. The lowest BCUT2D eigenvalue weighted by atomic mass is 10.9. The van der Waals surface area contributed by atoms with Gasteiger partial charge in [-0.1, -0.05) is 0 Å². The highest BCUT2D eigenvalue weighted by atomic mass is 127. The Balaban J connectivity index is 2.59. The van der Waals surface area contributed by atoms with Gasteiger partial charge in [0.15, 0.2) is 0 Å². The van der Waals surface area contributed by atoms with Crippen LogP contribution in [0, 0.1) is 0 Å². The van der Waals surface area contributed by atoms with Crippen molar-refractivity contribution >= 4 is 45.2 Å². The van der Waals surface area contributed by atoms with Crippen molar-refractivity contribution in [2.45, 2.75) is 6.42 Å². The van der Waals surface area contributed by atoms with E-state index in [1.165, 1.54) is 6.42 Å². The molecule has 0 amide bonds. The van der Waals surface area contributed by atoms with Crippen LogP contribution in [0.5, 0.6) is 0 Å². The van der Waals surface area contributed by atoms with Crippen molar-refractivity contribution in [2.75, 3.05) is 0 Å². The molecule has 1 aliphatic carbocycles. The molecule has 28 valence electrons. The zero-order valence-corrected chi connectivity index (χ0v) is 6.78. The molecule has 1 aliphatic rings. The maximum atomic E-state index is 2.35. The van der Waals surface area contributed by atoms with Gasteiger partial charge in [-0.15, -0.1) is 0 Å². The lowest BCUT2D eigenvalue weighted by Crippen LogP contribution is -1.16. The van der Waals surface area contributed by atoms with Crippen molar-refractivity contribution in [1.82, 2.24) is 0 Å². The Morgan fingerprint density at radius 2 is 1.40 bits per heavy atom. The van der Waals surface area contributed by atoms with Crippen LogP contribution >= 0.6 is 45.2 Å². The van der Waals surface area contributed by atoms with E-state index in [1.807, 2.05) is 0 Å². The fourth-order valence-corrected chi connectivity index (χ4v) is 1.58. The molecule has 2 heteroatoms. The second kappa shape index (κ2) is 1.36. The van der Waals surface area contributed by atoms with Gasteiger partial charge in [0.2, 0.25) is 0 Å². The van der Waals surface area contributed by atoms with Gasteiger partial charge in [0.05, 0.1) is 0 Å². The summed E-state index contributed by atoms with van der Waals surface area (Å²) in [7, 11) is 0. The van der Waals surface area contributed by atoms with Gasteiger partial charge in [-0.25, -0.2) is 0 Å². The molecule has 0 saturated carbocycles. The maximum absolute atomic E-state index is 2.35. The van der Waals surface area contributed by atoms with Crippen LogP contribution in [0.25, 0.3) is 0 Å². The summed E-state index contributed by atoms with van der Waals surface area (Å²) >= 11 is 4.71. The highest BCUT2D eigenvalue weighted by Crippen LogP contribution is 2.41. The van der Waals surface area contributed by atoms with E-state index in [9.17, 15) is 0 Å². The Labute approximate surface area is 58.3 Å².